The lowest BCUT2D eigenvalue weighted by Crippen LogP contribution is -2.34. The first kappa shape index (κ1) is 12.3. The largest absolute Gasteiger partial charge is 0.480 e. The van der Waals surface area contributed by atoms with Crippen LogP contribution in [0.25, 0.3) is 0 Å². The monoisotopic (exact) mass is 239 g/mol. The van der Waals surface area contributed by atoms with Crippen molar-refractivity contribution in [2.45, 2.75) is 0 Å². The van der Waals surface area contributed by atoms with E-state index in [9.17, 15) is 9.59 Å². The summed E-state index contributed by atoms with van der Waals surface area (Å²) in [6.07, 6.45) is 1.11. The van der Waals surface area contributed by atoms with Gasteiger partial charge in [0.2, 0.25) is 0 Å². The third kappa shape index (κ3) is 3.40. The van der Waals surface area contributed by atoms with E-state index in [1.165, 1.54) is 0 Å². The number of anilines is 1. The number of hydrogen-bond acceptors (Lipinski definition) is 2. The number of carboxylic acid groups (broad SMARTS) is 1. The average molecular weight is 240 g/mol. The van der Waals surface area contributed by atoms with Gasteiger partial charge in [-0.1, -0.05) is 29.8 Å². The van der Waals surface area contributed by atoms with Crippen molar-refractivity contribution in [3.63, 3.8) is 0 Å². The van der Waals surface area contributed by atoms with Crippen molar-refractivity contribution < 1.29 is 14.7 Å². The standard InChI is InChI=1S/C11H10ClNO3/c12-7-6-10(14)13(8-11(15)16)9-4-2-1-3-5-9/h1-7H,8H2,(H,15,16)/b7-6+. The number of carbonyl (C=O) groups excluding carboxylic acids is 1. The van der Waals surface area contributed by atoms with Gasteiger partial charge >= 0.3 is 5.97 Å². The normalized spacial score (nSPS) is 10.3. The predicted molar refractivity (Wildman–Crippen MR) is 61.4 cm³/mol. The molecule has 0 aromatic heterocycles. The molecule has 5 heteroatoms. The molecule has 0 saturated heterocycles. The molecule has 0 saturated carbocycles. The molecule has 0 aliphatic rings. The summed E-state index contributed by atoms with van der Waals surface area (Å²) in [5.74, 6) is -1.55. The second kappa shape index (κ2) is 5.92. The van der Waals surface area contributed by atoms with Gasteiger partial charge in [0.05, 0.1) is 0 Å². The maximum atomic E-state index is 11.6. The van der Waals surface area contributed by atoms with E-state index in [2.05, 4.69) is 0 Å². The van der Waals surface area contributed by atoms with Gasteiger partial charge in [0.25, 0.3) is 5.91 Å². The number of carboxylic acids is 1. The second-order valence-corrected chi connectivity index (χ2v) is 3.20. The smallest absolute Gasteiger partial charge is 0.323 e. The van der Waals surface area contributed by atoms with Crippen LogP contribution in [0.4, 0.5) is 5.69 Å². The van der Waals surface area contributed by atoms with Gasteiger partial charge in [-0.3, -0.25) is 14.5 Å². The summed E-state index contributed by atoms with van der Waals surface area (Å²) in [4.78, 5) is 23.3. The highest BCUT2D eigenvalue weighted by atomic mass is 35.5. The Morgan fingerprint density at radius 1 is 1.31 bits per heavy atom. The zero-order chi connectivity index (χ0) is 12.0. The number of carbonyl (C=O) groups is 2. The van der Waals surface area contributed by atoms with Gasteiger partial charge in [-0.2, -0.15) is 0 Å². The summed E-state index contributed by atoms with van der Waals surface area (Å²) >= 11 is 5.29. The molecule has 1 rings (SSSR count). The first-order valence-corrected chi connectivity index (χ1v) is 4.94. The van der Waals surface area contributed by atoms with E-state index in [0.29, 0.717) is 5.69 Å². The van der Waals surface area contributed by atoms with Gasteiger partial charge in [0.15, 0.2) is 0 Å². The van der Waals surface area contributed by atoms with Crippen LogP contribution in [0.1, 0.15) is 0 Å². The summed E-state index contributed by atoms with van der Waals surface area (Å²) in [7, 11) is 0. The van der Waals surface area contributed by atoms with Crippen LogP contribution < -0.4 is 4.90 Å². The van der Waals surface area contributed by atoms with Crippen LogP contribution in [-0.4, -0.2) is 23.5 Å². The molecule has 1 aromatic rings. The Labute approximate surface area is 97.7 Å². The number of amides is 1. The molecule has 0 atom stereocenters. The Bertz CT molecular complexity index is 403. The predicted octanol–water partition coefficient (Wildman–Crippen LogP) is 1.86. The van der Waals surface area contributed by atoms with Crippen molar-refractivity contribution in [1.82, 2.24) is 0 Å². The minimum absolute atomic E-state index is 0.399. The number of rotatable bonds is 4. The van der Waals surface area contributed by atoms with Crippen LogP contribution in [0.5, 0.6) is 0 Å². The van der Waals surface area contributed by atoms with E-state index in [4.69, 9.17) is 16.7 Å². The molecular weight excluding hydrogens is 230 g/mol. The average Bonchev–Trinajstić information content (AvgIpc) is 2.27. The van der Waals surface area contributed by atoms with Crippen LogP contribution in [-0.2, 0) is 9.59 Å². The molecule has 0 aliphatic carbocycles. The Morgan fingerprint density at radius 2 is 1.94 bits per heavy atom. The molecule has 1 amide bonds. The molecule has 1 aromatic carbocycles. The number of para-hydroxylation sites is 1. The lowest BCUT2D eigenvalue weighted by Gasteiger charge is -2.18. The molecule has 0 spiro atoms. The fourth-order valence-corrected chi connectivity index (χ4v) is 1.29. The summed E-state index contributed by atoms with van der Waals surface area (Å²) in [5, 5.41) is 8.71. The minimum Gasteiger partial charge on any atom is -0.480 e. The minimum atomic E-state index is -1.08. The SMILES string of the molecule is O=C(O)CN(C(=O)/C=C/Cl)c1ccccc1. The molecular formula is C11H10ClNO3. The quantitative estimate of drug-likeness (QED) is 0.816. The number of aliphatic carboxylic acids is 1. The highest BCUT2D eigenvalue weighted by Crippen LogP contribution is 2.13. The molecule has 0 unspecified atom stereocenters. The van der Waals surface area contributed by atoms with Crippen molar-refractivity contribution in [3.8, 4) is 0 Å². The van der Waals surface area contributed by atoms with Crippen molar-refractivity contribution in [3.05, 3.63) is 41.9 Å². The van der Waals surface area contributed by atoms with Crippen molar-refractivity contribution in [2.75, 3.05) is 11.4 Å². The molecule has 0 fully saturated rings. The van der Waals surface area contributed by atoms with Gasteiger partial charge in [-0.15, -0.1) is 0 Å². The van der Waals surface area contributed by atoms with Gasteiger partial charge in [0, 0.05) is 17.3 Å². The number of benzene rings is 1. The summed E-state index contributed by atoms with van der Waals surface area (Å²) in [6.45, 7) is -0.399. The maximum absolute atomic E-state index is 11.6. The maximum Gasteiger partial charge on any atom is 0.323 e. The fraction of sp³-hybridized carbons (Fsp3) is 0.0909. The van der Waals surface area contributed by atoms with Crippen LogP contribution >= 0.6 is 11.6 Å². The fourth-order valence-electron chi connectivity index (χ4n) is 1.18. The van der Waals surface area contributed by atoms with E-state index < -0.39 is 18.4 Å². The zero-order valence-electron chi connectivity index (χ0n) is 8.34. The third-order valence-corrected chi connectivity index (χ3v) is 1.96. The Kier molecular flexibility index (Phi) is 4.54. The second-order valence-electron chi connectivity index (χ2n) is 2.95. The molecule has 0 radical (unpaired) electrons. The molecule has 84 valence electrons. The van der Waals surface area contributed by atoms with E-state index in [1.807, 2.05) is 0 Å². The zero-order valence-corrected chi connectivity index (χ0v) is 9.09. The van der Waals surface area contributed by atoms with Crippen molar-refractivity contribution >= 4 is 29.2 Å². The highest BCUT2D eigenvalue weighted by Gasteiger charge is 2.15. The molecule has 0 aliphatic heterocycles. The van der Waals surface area contributed by atoms with E-state index in [1.54, 1.807) is 30.3 Å². The summed E-state index contributed by atoms with van der Waals surface area (Å²) in [5.41, 5.74) is 1.57. The summed E-state index contributed by atoms with van der Waals surface area (Å²) < 4.78 is 0. The van der Waals surface area contributed by atoms with Gasteiger partial charge in [0.1, 0.15) is 6.54 Å². The summed E-state index contributed by atoms with van der Waals surface area (Å²) in [6, 6.07) is 8.54. The first-order chi connectivity index (χ1) is 7.65. The molecule has 0 bridgehead atoms. The number of halogens is 1. The first-order valence-electron chi connectivity index (χ1n) is 4.50. The van der Waals surface area contributed by atoms with Crippen LogP contribution in [0, 0.1) is 0 Å². The van der Waals surface area contributed by atoms with E-state index in [-0.39, 0.29) is 0 Å². The highest BCUT2D eigenvalue weighted by molar-refractivity contribution is 6.27. The Morgan fingerprint density at radius 3 is 2.44 bits per heavy atom. The van der Waals surface area contributed by atoms with E-state index >= 15 is 0 Å². The number of hydrogen-bond donors (Lipinski definition) is 1. The molecule has 0 heterocycles. The molecule has 1 N–H and O–H groups in total. The Balaban J connectivity index is 2.96. The van der Waals surface area contributed by atoms with Crippen LogP contribution in [0.3, 0.4) is 0 Å². The van der Waals surface area contributed by atoms with Gasteiger partial charge < -0.3 is 5.11 Å². The topological polar surface area (TPSA) is 57.6 Å². The Hall–Kier alpha value is -1.81. The lowest BCUT2D eigenvalue weighted by atomic mass is 10.3. The van der Waals surface area contributed by atoms with E-state index in [0.717, 1.165) is 16.5 Å². The van der Waals surface area contributed by atoms with Crippen LogP contribution in [0.2, 0.25) is 0 Å². The molecule has 4 nitrogen and oxygen atoms in total. The van der Waals surface area contributed by atoms with Crippen LogP contribution in [0.15, 0.2) is 41.9 Å². The number of nitrogens with zero attached hydrogens (tertiary/aromatic N) is 1. The third-order valence-electron chi connectivity index (χ3n) is 1.83. The molecule has 16 heavy (non-hydrogen) atoms. The lowest BCUT2D eigenvalue weighted by molar-refractivity contribution is -0.136. The van der Waals surface area contributed by atoms with Gasteiger partial charge in [-0.25, -0.2) is 0 Å². The van der Waals surface area contributed by atoms with Gasteiger partial charge in [-0.05, 0) is 12.1 Å². The van der Waals surface area contributed by atoms with Crippen molar-refractivity contribution in [2.24, 2.45) is 0 Å². The van der Waals surface area contributed by atoms with Crippen molar-refractivity contribution in [1.29, 1.82) is 0 Å².